The monoisotopic (exact) mass is 459 g/mol. The molecule has 0 saturated carbocycles. The number of guanidine groups is 1. The predicted molar refractivity (Wildman–Crippen MR) is 103 cm³/mol. The van der Waals surface area contributed by atoms with Gasteiger partial charge in [0.25, 0.3) is 0 Å². The molecule has 1 unspecified atom stereocenters. The first-order valence-electron chi connectivity index (χ1n) is 8.19. The van der Waals surface area contributed by atoms with E-state index in [0.29, 0.717) is 19.1 Å². The zero-order chi connectivity index (χ0) is 17.5. The number of alkyl carbamates (subject to hydrolysis) is 1. The lowest BCUT2D eigenvalue weighted by Gasteiger charge is -2.24. The molecule has 0 bridgehead atoms. The minimum absolute atomic E-state index is 0.0803. The Balaban J connectivity index is 1.86. The lowest BCUT2D eigenvalue weighted by molar-refractivity contribution is 0.148. The SMILES string of the molecule is CCCCCCOC(=O)NC1=NCC(c2cc(Br)ccc2Br)N1C. The predicted octanol–water partition coefficient (Wildman–Crippen LogP) is 4.86. The number of carbonyl (C=O) groups excluding carboxylic acids is 1. The number of hydrogen-bond donors (Lipinski definition) is 1. The van der Waals surface area contributed by atoms with Crippen molar-refractivity contribution < 1.29 is 9.53 Å². The fourth-order valence-corrected chi connectivity index (χ4v) is 3.47. The standard InChI is InChI=1S/C17H23Br2N3O2/c1-3-4-5-6-9-24-17(23)21-16-20-11-15(22(16)2)13-10-12(18)7-8-14(13)19/h7-8,10,15H,3-6,9,11H2,1-2H3,(H,20,21,23). The molecule has 0 spiro atoms. The van der Waals surface area contributed by atoms with Gasteiger partial charge >= 0.3 is 6.09 Å². The van der Waals surface area contributed by atoms with Crippen LogP contribution in [-0.4, -0.2) is 37.2 Å². The largest absolute Gasteiger partial charge is 0.449 e. The Morgan fingerprint density at radius 3 is 2.92 bits per heavy atom. The molecule has 1 aromatic rings. The average Bonchev–Trinajstić information content (AvgIpc) is 2.90. The molecule has 1 aliphatic rings. The van der Waals surface area contributed by atoms with Crippen LogP contribution in [-0.2, 0) is 4.74 Å². The fraction of sp³-hybridized carbons (Fsp3) is 0.529. The second kappa shape index (κ2) is 9.42. The van der Waals surface area contributed by atoms with Crippen molar-refractivity contribution in [1.29, 1.82) is 0 Å². The van der Waals surface area contributed by atoms with E-state index < -0.39 is 6.09 Å². The third-order valence-electron chi connectivity index (χ3n) is 3.98. The summed E-state index contributed by atoms with van der Waals surface area (Å²) in [7, 11) is 1.92. The van der Waals surface area contributed by atoms with Gasteiger partial charge in [0.2, 0.25) is 5.96 Å². The van der Waals surface area contributed by atoms with Crippen molar-refractivity contribution in [1.82, 2.24) is 10.2 Å². The van der Waals surface area contributed by atoms with E-state index >= 15 is 0 Å². The van der Waals surface area contributed by atoms with Gasteiger partial charge in [-0.3, -0.25) is 10.3 Å². The molecule has 132 valence electrons. The van der Waals surface area contributed by atoms with Gasteiger partial charge in [-0.05, 0) is 30.2 Å². The van der Waals surface area contributed by atoms with Gasteiger partial charge in [0.15, 0.2) is 0 Å². The molecule has 0 saturated heterocycles. The molecule has 5 nitrogen and oxygen atoms in total. The summed E-state index contributed by atoms with van der Waals surface area (Å²) in [6.07, 6.45) is 3.89. The summed E-state index contributed by atoms with van der Waals surface area (Å²) in [4.78, 5) is 18.3. The number of likely N-dealkylation sites (N-methyl/N-ethyl adjacent to an activating group) is 1. The summed E-state index contributed by atoms with van der Waals surface area (Å²) in [5.74, 6) is 0.547. The molecular formula is C17H23Br2N3O2. The number of halogens is 2. The maximum Gasteiger partial charge on any atom is 0.413 e. The van der Waals surface area contributed by atoms with Gasteiger partial charge in [-0.1, -0.05) is 58.0 Å². The molecule has 2 rings (SSSR count). The van der Waals surface area contributed by atoms with E-state index in [1.165, 1.54) is 12.8 Å². The topological polar surface area (TPSA) is 53.9 Å². The number of nitrogens with one attached hydrogen (secondary N) is 1. The van der Waals surface area contributed by atoms with Crippen LogP contribution in [0, 0.1) is 0 Å². The first-order chi connectivity index (χ1) is 11.5. The number of benzene rings is 1. The zero-order valence-electron chi connectivity index (χ0n) is 14.0. The average molecular weight is 461 g/mol. The molecule has 1 aromatic carbocycles. The van der Waals surface area contributed by atoms with E-state index in [0.717, 1.165) is 27.4 Å². The number of amides is 1. The molecule has 1 atom stereocenters. The van der Waals surface area contributed by atoms with Crippen LogP contribution in [0.3, 0.4) is 0 Å². The fourth-order valence-electron chi connectivity index (χ4n) is 2.58. The van der Waals surface area contributed by atoms with Crippen LogP contribution < -0.4 is 5.32 Å². The van der Waals surface area contributed by atoms with Crippen LogP contribution in [0.1, 0.15) is 44.2 Å². The first-order valence-corrected chi connectivity index (χ1v) is 9.77. The Labute approximate surface area is 160 Å². The van der Waals surface area contributed by atoms with E-state index in [1.807, 2.05) is 24.1 Å². The van der Waals surface area contributed by atoms with Crippen molar-refractivity contribution in [2.75, 3.05) is 20.2 Å². The van der Waals surface area contributed by atoms with Gasteiger partial charge in [-0.15, -0.1) is 0 Å². The number of hydrogen-bond acceptors (Lipinski definition) is 4. The van der Waals surface area contributed by atoms with Gasteiger partial charge in [0, 0.05) is 16.0 Å². The van der Waals surface area contributed by atoms with Gasteiger partial charge in [0.05, 0.1) is 19.2 Å². The first kappa shape index (κ1) is 19.2. The minimum Gasteiger partial charge on any atom is -0.449 e. The van der Waals surface area contributed by atoms with Gasteiger partial charge in [0.1, 0.15) is 0 Å². The van der Waals surface area contributed by atoms with Crippen LogP contribution in [0.2, 0.25) is 0 Å². The van der Waals surface area contributed by atoms with Crippen LogP contribution in [0.15, 0.2) is 32.1 Å². The van der Waals surface area contributed by atoms with Crippen molar-refractivity contribution in [3.8, 4) is 0 Å². The van der Waals surface area contributed by atoms with Gasteiger partial charge in [-0.25, -0.2) is 4.79 Å². The highest BCUT2D eigenvalue weighted by atomic mass is 79.9. The smallest absolute Gasteiger partial charge is 0.413 e. The normalized spacial score (nSPS) is 16.9. The number of rotatable bonds is 6. The van der Waals surface area contributed by atoms with Crippen molar-refractivity contribution in [2.24, 2.45) is 4.99 Å². The van der Waals surface area contributed by atoms with Crippen molar-refractivity contribution in [3.05, 3.63) is 32.7 Å². The maximum absolute atomic E-state index is 11.9. The molecule has 0 fully saturated rings. The number of nitrogens with zero attached hydrogens (tertiary/aromatic N) is 2. The number of aliphatic imine (C=N–C) groups is 1. The highest BCUT2D eigenvalue weighted by Crippen LogP contribution is 2.32. The molecule has 0 aromatic heterocycles. The Hall–Kier alpha value is -1.08. The van der Waals surface area contributed by atoms with E-state index in [2.05, 4.69) is 55.2 Å². The molecule has 1 amide bonds. The third kappa shape index (κ3) is 5.21. The highest BCUT2D eigenvalue weighted by molar-refractivity contribution is 9.11. The molecular weight excluding hydrogens is 438 g/mol. The van der Waals surface area contributed by atoms with Crippen molar-refractivity contribution in [3.63, 3.8) is 0 Å². The Morgan fingerprint density at radius 1 is 1.38 bits per heavy atom. The summed E-state index contributed by atoms with van der Waals surface area (Å²) in [6, 6.07) is 6.13. The van der Waals surface area contributed by atoms with E-state index in [9.17, 15) is 4.79 Å². The molecule has 1 N–H and O–H groups in total. The summed E-state index contributed by atoms with van der Waals surface area (Å²) in [6.45, 7) is 3.20. The Morgan fingerprint density at radius 2 is 2.17 bits per heavy atom. The van der Waals surface area contributed by atoms with Gasteiger partial charge < -0.3 is 9.64 Å². The van der Waals surface area contributed by atoms with Crippen LogP contribution in [0.4, 0.5) is 4.79 Å². The zero-order valence-corrected chi connectivity index (χ0v) is 17.2. The van der Waals surface area contributed by atoms with Crippen molar-refractivity contribution in [2.45, 2.75) is 38.6 Å². The van der Waals surface area contributed by atoms with E-state index in [1.54, 1.807) is 0 Å². The van der Waals surface area contributed by atoms with Crippen LogP contribution in [0.25, 0.3) is 0 Å². The summed E-state index contributed by atoms with van der Waals surface area (Å²) >= 11 is 7.08. The second-order valence-electron chi connectivity index (χ2n) is 5.78. The summed E-state index contributed by atoms with van der Waals surface area (Å²) in [5, 5.41) is 2.74. The molecule has 1 aliphatic heterocycles. The number of unbranched alkanes of at least 4 members (excludes halogenated alkanes) is 3. The minimum atomic E-state index is -0.439. The summed E-state index contributed by atoms with van der Waals surface area (Å²) < 4.78 is 7.25. The molecule has 7 heteroatoms. The number of ether oxygens (including phenoxy) is 1. The number of carbonyl (C=O) groups is 1. The second-order valence-corrected chi connectivity index (χ2v) is 7.55. The molecule has 0 radical (unpaired) electrons. The van der Waals surface area contributed by atoms with E-state index in [-0.39, 0.29) is 6.04 Å². The quantitative estimate of drug-likeness (QED) is 0.616. The van der Waals surface area contributed by atoms with Gasteiger partial charge in [-0.2, -0.15) is 0 Å². The lowest BCUT2D eigenvalue weighted by atomic mass is 10.1. The van der Waals surface area contributed by atoms with Crippen LogP contribution in [0.5, 0.6) is 0 Å². The molecule has 1 heterocycles. The molecule has 24 heavy (non-hydrogen) atoms. The Kier molecular flexibility index (Phi) is 7.55. The Bertz CT molecular complexity index is 607. The highest BCUT2D eigenvalue weighted by Gasteiger charge is 2.28. The molecule has 0 aliphatic carbocycles. The summed E-state index contributed by atoms with van der Waals surface area (Å²) in [5.41, 5.74) is 1.13. The van der Waals surface area contributed by atoms with E-state index in [4.69, 9.17) is 4.74 Å². The maximum atomic E-state index is 11.9. The van der Waals surface area contributed by atoms with Crippen LogP contribution >= 0.6 is 31.9 Å². The lowest BCUT2D eigenvalue weighted by Crippen LogP contribution is -2.40. The van der Waals surface area contributed by atoms with Crippen molar-refractivity contribution >= 4 is 43.9 Å². The third-order valence-corrected chi connectivity index (χ3v) is 5.19.